The summed E-state index contributed by atoms with van der Waals surface area (Å²) in [4.78, 5) is 4.98. The van der Waals surface area contributed by atoms with Gasteiger partial charge in [0.2, 0.25) is 0 Å². The van der Waals surface area contributed by atoms with E-state index in [4.69, 9.17) is 4.84 Å². The molecule has 0 radical (unpaired) electrons. The number of rotatable bonds is 1. The van der Waals surface area contributed by atoms with E-state index >= 15 is 0 Å². The lowest BCUT2D eigenvalue weighted by molar-refractivity contribution is 0.0882. The van der Waals surface area contributed by atoms with Crippen molar-refractivity contribution in [2.45, 2.75) is 12.5 Å². The van der Waals surface area contributed by atoms with Gasteiger partial charge >= 0.3 is 0 Å². The first-order valence-electron chi connectivity index (χ1n) is 3.99. The van der Waals surface area contributed by atoms with Crippen molar-refractivity contribution in [2.75, 3.05) is 6.61 Å². The summed E-state index contributed by atoms with van der Waals surface area (Å²) in [6, 6.07) is 6.74. The number of halogens is 1. The lowest BCUT2D eigenvalue weighted by Crippen LogP contribution is -2.11. The largest absolute Gasteiger partial charge is 0.301 e. The second-order valence-corrected chi connectivity index (χ2v) is 2.86. The molecule has 1 saturated heterocycles. The van der Waals surface area contributed by atoms with Crippen LogP contribution in [-0.4, -0.2) is 6.61 Å². The molecule has 1 atom stereocenters. The van der Waals surface area contributed by atoms with Gasteiger partial charge in [-0.2, -0.15) is 5.48 Å². The highest BCUT2D eigenvalue weighted by atomic mass is 19.1. The van der Waals surface area contributed by atoms with Crippen molar-refractivity contribution in [1.29, 1.82) is 0 Å². The van der Waals surface area contributed by atoms with Crippen molar-refractivity contribution in [3.05, 3.63) is 35.6 Å². The normalized spacial score (nSPS) is 22.9. The van der Waals surface area contributed by atoms with E-state index in [1.807, 2.05) is 6.07 Å². The molecule has 64 valence electrons. The maximum absolute atomic E-state index is 12.8. The number of hydroxylamine groups is 1. The Morgan fingerprint density at radius 3 is 3.08 bits per heavy atom. The van der Waals surface area contributed by atoms with Crippen LogP contribution in [0.25, 0.3) is 0 Å². The fraction of sp³-hybridized carbons (Fsp3) is 0.333. The van der Waals surface area contributed by atoms with Crippen molar-refractivity contribution in [2.24, 2.45) is 0 Å². The van der Waals surface area contributed by atoms with E-state index in [2.05, 4.69) is 5.48 Å². The summed E-state index contributed by atoms with van der Waals surface area (Å²) >= 11 is 0. The summed E-state index contributed by atoms with van der Waals surface area (Å²) in [5, 5.41) is 0. The minimum Gasteiger partial charge on any atom is -0.301 e. The van der Waals surface area contributed by atoms with Crippen molar-refractivity contribution in [3.63, 3.8) is 0 Å². The SMILES string of the molecule is Fc1cccc([C@H]2CCON2)c1. The van der Waals surface area contributed by atoms with Gasteiger partial charge in [0.15, 0.2) is 0 Å². The first-order chi connectivity index (χ1) is 5.86. The zero-order chi connectivity index (χ0) is 8.39. The molecule has 3 heteroatoms. The number of hydrogen-bond acceptors (Lipinski definition) is 2. The Morgan fingerprint density at radius 2 is 2.42 bits per heavy atom. The topological polar surface area (TPSA) is 21.3 Å². The molecule has 0 bridgehead atoms. The van der Waals surface area contributed by atoms with Crippen molar-refractivity contribution < 1.29 is 9.23 Å². The molecule has 1 aromatic rings. The molecule has 0 unspecified atom stereocenters. The highest BCUT2D eigenvalue weighted by Crippen LogP contribution is 2.20. The maximum Gasteiger partial charge on any atom is 0.123 e. The van der Waals surface area contributed by atoms with Crippen molar-refractivity contribution in [3.8, 4) is 0 Å². The minimum atomic E-state index is -0.193. The summed E-state index contributed by atoms with van der Waals surface area (Å²) in [5.41, 5.74) is 3.78. The van der Waals surface area contributed by atoms with Crippen LogP contribution in [-0.2, 0) is 4.84 Å². The molecule has 12 heavy (non-hydrogen) atoms. The predicted molar refractivity (Wildman–Crippen MR) is 42.8 cm³/mol. The van der Waals surface area contributed by atoms with Gasteiger partial charge in [0, 0.05) is 0 Å². The van der Waals surface area contributed by atoms with Gasteiger partial charge in [0.25, 0.3) is 0 Å². The van der Waals surface area contributed by atoms with Gasteiger partial charge in [-0.05, 0) is 24.1 Å². The zero-order valence-electron chi connectivity index (χ0n) is 6.59. The van der Waals surface area contributed by atoms with Crippen LogP contribution in [0.5, 0.6) is 0 Å². The van der Waals surface area contributed by atoms with Gasteiger partial charge in [-0.3, -0.25) is 0 Å². The second-order valence-electron chi connectivity index (χ2n) is 2.86. The molecule has 1 heterocycles. The van der Waals surface area contributed by atoms with Gasteiger partial charge in [0.05, 0.1) is 12.6 Å². The zero-order valence-corrected chi connectivity index (χ0v) is 6.59. The van der Waals surface area contributed by atoms with Crippen LogP contribution in [0.4, 0.5) is 4.39 Å². The molecular formula is C9H10FNO. The quantitative estimate of drug-likeness (QED) is 0.688. The Morgan fingerprint density at radius 1 is 1.50 bits per heavy atom. The molecule has 1 aromatic carbocycles. The molecule has 2 nitrogen and oxygen atoms in total. The minimum absolute atomic E-state index is 0.153. The standard InChI is InChI=1S/C9H10FNO/c10-8-3-1-2-7(6-8)9-4-5-12-11-9/h1-3,6,9,11H,4-5H2/t9-/m1/s1. The van der Waals surface area contributed by atoms with Crippen LogP contribution >= 0.6 is 0 Å². The Labute approximate surface area is 70.3 Å². The molecule has 0 aliphatic carbocycles. The van der Waals surface area contributed by atoms with E-state index < -0.39 is 0 Å². The molecule has 0 saturated carbocycles. The van der Waals surface area contributed by atoms with E-state index in [0.29, 0.717) is 6.61 Å². The van der Waals surface area contributed by atoms with Crippen LogP contribution in [0, 0.1) is 5.82 Å². The van der Waals surface area contributed by atoms with Gasteiger partial charge in [-0.1, -0.05) is 12.1 Å². The third kappa shape index (κ3) is 1.47. The predicted octanol–water partition coefficient (Wildman–Crippen LogP) is 1.79. The number of hydrogen-bond donors (Lipinski definition) is 1. The van der Waals surface area contributed by atoms with Gasteiger partial charge in [0.1, 0.15) is 5.82 Å². The smallest absolute Gasteiger partial charge is 0.123 e. The molecule has 1 N–H and O–H groups in total. The monoisotopic (exact) mass is 167 g/mol. The number of nitrogens with one attached hydrogen (secondary N) is 1. The van der Waals surface area contributed by atoms with Crippen LogP contribution in [0.3, 0.4) is 0 Å². The van der Waals surface area contributed by atoms with E-state index in [-0.39, 0.29) is 11.9 Å². The van der Waals surface area contributed by atoms with Gasteiger partial charge < -0.3 is 4.84 Å². The fourth-order valence-electron chi connectivity index (χ4n) is 1.35. The van der Waals surface area contributed by atoms with Gasteiger partial charge in [-0.25, -0.2) is 4.39 Å². The van der Waals surface area contributed by atoms with Crippen LogP contribution < -0.4 is 5.48 Å². The summed E-state index contributed by atoms with van der Waals surface area (Å²) < 4.78 is 12.8. The molecule has 1 fully saturated rings. The molecule has 2 rings (SSSR count). The maximum atomic E-state index is 12.8. The molecule has 0 amide bonds. The van der Waals surface area contributed by atoms with Crippen LogP contribution in [0.1, 0.15) is 18.0 Å². The highest BCUT2D eigenvalue weighted by Gasteiger charge is 2.16. The summed E-state index contributed by atoms with van der Waals surface area (Å²) in [5.74, 6) is -0.193. The average Bonchev–Trinajstić information content (AvgIpc) is 2.56. The van der Waals surface area contributed by atoms with Crippen molar-refractivity contribution >= 4 is 0 Å². The van der Waals surface area contributed by atoms with Crippen LogP contribution in [0.15, 0.2) is 24.3 Å². The molecular weight excluding hydrogens is 157 g/mol. The van der Waals surface area contributed by atoms with Crippen LogP contribution in [0.2, 0.25) is 0 Å². The summed E-state index contributed by atoms with van der Waals surface area (Å²) in [7, 11) is 0. The second kappa shape index (κ2) is 3.21. The summed E-state index contributed by atoms with van der Waals surface area (Å²) in [6.45, 7) is 0.696. The molecule has 0 aromatic heterocycles. The number of benzene rings is 1. The Kier molecular flexibility index (Phi) is 2.06. The molecule has 1 aliphatic heterocycles. The Balaban J connectivity index is 2.21. The van der Waals surface area contributed by atoms with E-state index in [1.54, 1.807) is 6.07 Å². The Bertz CT molecular complexity index is 271. The fourth-order valence-corrected chi connectivity index (χ4v) is 1.35. The third-order valence-corrected chi connectivity index (χ3v) is 1.99. The third-order valence-electron chi connectivity index (χ3n) is 1.99. The highest BCUT2D eigenvalue weighted by molar-refractivity contribution is 5.20. The molecule has 0 spiro atoms. The Hall–Kier alpha value is -0.930. The van der Waals surface area contributed by atoms with Crippen molar-refractivity contribution in [1.82, 2.24) is 5.48 Å². The van der Waals surface area contributed by atoms with E-state index in [9.17, 15) is 4.39 Å². The lowest BCUT2D eigenvalue weighted by atomic mass is 10.1. The first-order valence-corrected chi connectivity index (χ1v) is 3.99. The molecule has 1 aliphatic rings. The van der Waals surface area contributed by atoms with E-state index in [1.165, 1.54) is 12.1 Å². The summed E-state index contributed by atoms with van der Waals surface area (Å²) in [6.07, 6.45) is 0.906. The van der Waals surface area contributed by atoms with Gasteiger partial charge in [-0.15, -0.1) is 0 Å². The first kappa shape index (κ1) is 7.71. The average molecular weight is 167 g/mol. The van der Waals surface area contributed by atoms with E-state index in [0.717, 1.165) is 12.0 Å². The lowest BCUT2D eigenvalue weighted by Gasteiger charge is -2.07.